The molecule has 1 aliphatic heterocycles. The summed E-state index contributed by atoms with van der Waals surface area (Å²) >= 11 is 0. The topological polar surface area (TPSA) is 24.5 Å². The Morgan fingerprint density at radius 1 is 1.47 bits per heavy atom. The van der Waals surface area contributed by atoms with Gasteiger partial charge in [-0.3, -0.25) is 0 Å². The average Bonchev–Trinajstić information content (AvgIpc) is 2.59. The van der Waals surface area contributed by atoms with Gasteiger partial charge in [0.2, 0.25) is 0 Å². The van der Waals surface area contributed by atoms with Crippen molar-refractivity contribution < 1.29 is 4.74 Å². The Labute approximate surface area is 104 Å². The molecule has 2 rings (SSSR count). The van der Waals surface area contributed by atoms with E-state index in [1.807, 2.05) is 19.1 Å². The van der Waals surface area contributed by atoms with Gasteiger partial charge in [0, 0.05) is 30.4 Å². The molecule has 1 aliphatic rings. The Kier molecular flexibility index (Phi) is 3.89. The zero-order chi connectivity index (χ0) is 12.3. The van der Waals surface area contributed by atoms with Gasteiger partial charge in [0.05, 0.1) is 6.61 Å². The van der Waals surface area contributed by atoms with E-state index in [9.17, 15) is 0 Å². The molecule has 0 spiro atoms. The lowest BCUT2D eigenvalue weighted by Crippen LogP contribution is -2.24. The van der Waals surface area contributed by atoms with Gasteiger partial charge in [0.15, 0.2) is 0 Å². The lowest BCUT2D eigenvalue weighted by molar-refractivity contribution is 0.330. The first-order valence-electron chi connectivity index (χ1n) is 6.38. The molecular formula is C14H22N2O. The van der Waals surface area contributed by atoms with Gasteiger partial charge in [-0.25, -0.2) is 0 Å². The third-order valence-electron chi connectivity index (χ3n) is 3.40. The molecule has 0 saturated carbocycles. The molecule has 0 bridgehead atoms. The molecule has 1 heterocycles. The summed E-state index contributed by atoms with van der Waals surface area (Å²) in [7, 11) is 2.18. The molecule has 1 N–H and O–H groups in total. The first kappa shape index (κ1) is 12.2. The summed E-state index contributed by atoms with van der Waals surface area (Å²) in [6.07, 6.45) is 1.20. The van der Waals surface area contributed by atoms with Gasteiger partial charge in [0.25, 0.3) is 0 Å². The zero-order valence-corrected chi connectivity index (χ0v) is 10.9. The molecule has 1 saturated heterocycles. The van der Waals surface area contributed by atoms with Gasteiger partial charge in [-0.2, -0.15) is 0 Å². The number of rotatable bonds is 4. The van der Waals surface area contributed by atoms with Crippen molar-refractivity contribution in [3.8, 4) is 5.75 Å². The van der Waals surface area contributed by atoms with Crippen LogP contribution in [0, 0.1) is 0 Å². The molecule has 2 atom stereocenters. The van der Waals surface area contributed by atoms with Crippen LogP contribution < -0.4 is 10.1 Å². The van der Waals surface area contributed by atoms with Crippen LogP contribution in [0.25, 0.3) is 0 Å². The maximum atomic E-state index is 5.50. The van der Waals surface area contributed by atoms with E-state index in [4.69, 9.17) is 4.74 Å². The third kappa shape index (κ3) is 3.13. The summed E-state index contributed by atoms with van der Waals surface area (Å²) in [6, 6.07) is 9.43. The maximum absolute atomic E-state index is 5.50. The molecule has 1 fully saturated rings. The van der Waals surface area contributed by atoms with Crippen LogP contribution in [0.3, 0.4) is 0 Å². The van der Waals surface area contributed by atoms with Crippen LogP contribution in [0.15, 0.2) is 24.3 Å². The molecule has 0 amide bonds. The van der Waals surface area contributed by atoms with Crippen molar-refractivity contribution in [1.29, 1.82) is 0 Å². The SMILES string of the molecule is CCOc1cccc(NC2CC(C)N(C)C2)c1. The molecule has 3 nitrogen and oxygen atoms in total. The monoisotopic (exact) mass is 234 g/mol. The molecule has 1 aromatic rings. The third-order valence-corrected chi connectivity index (χ3v) is 3.40. The lowest BCUT2D eigenvalue weighted by atomic mass is 10.2. The minimum absolute atomic E-state index is 0.548. The first-order chi connectivity index (χ1) is 8.19. The fraction of sp³-hybridized carbons (Fsp3) is 0.571. The molecule has 94 valence electrons. The normalized spacial score (nSPS) is 24.9. The smallest absolute Gasteiger partial charge is 0.121 e. The summed E-state index contributed by atoms with van der Waals surface area (Å²) in [5.74, 6) is 0.942. The maximum Gasteiger partial charge on any atom is 0.121 e. The Bertz CT molecular complexity index is 357. The predicted octanol–water partition coefficient (Wildman–Crippen LogP) is 2.59. The van der Waals surface area contributed by atoms with Crippen LogP contribution >= 0.6 is 0 Å². The van der Waals surface area contributed by atoms with Crippen LogP contribution in [-0.2, 0) is 0 Å². The van der Waals surface area contributed by atoms with E-state index in [2.05, 4.69) is 36.3 Å². The van der Waals surface area contributed by atoms with Gasteiger partial charge in [-0.15, -0.1) is 0 Å². The minimum Gasteiger partial charge on any atom is -0.494 e. The Hall–Kier alpha value is -1.22. The molecule has 2 unspecified atom stereocenters. The number of nitrogens with one attached hydrogen (secondary N) is 1. The molecule has 0 aromatic heterocycles. The fourth-order valence-corrected chi connectivity index (χ4v) is 2.38. The number of hydrogen-bond acceptors (Lipinski definition) is 3. The van der Waals surface area contributed by atoms with Crippen molar-refractivity contribution in [2.24, 2.45) is 0 Å². The highest BCUT2D eigenvalue weighted by molar-refractivity contribution is 5.49. The van der Waals surface area contributed by atoms with E-state index in [-0.39, 0.29) is 0 Å². The number of likely N-dealkylation sites (N-methyl/N-ethyl adjacent to an activating group) is 1. The minimum atomic E-state index is 0.548. The number of nitrogens with zero attached hydrogens (tertiary/aromatic N) is 1. The molecule has 0 radical (unpaired) electrons. The van der Waals surface area contributed by atoms with Crippen LogP contribution in [0.4, 0.5) is 5.69 Å². The lowest BCUT2D eigenvalue weighted by Gasteiger charge is -2.15. The van der Waals surface area contributed by atoms with Crippen molar-refractivity contribution in [3.63, 3.8) is 0 Å². The van der Waals surface area contributed by atoms with E-state index >= 15 is 0 Å². The Balaban J connectivity index is 1.97. The highest BCUT2D eigenvalue weighted by atomic mass is 16.5. The van der Waals surface area contributed by atoms with Gasteiger partial charge in [-0.05, 0) is 39.4 Å². The largest absolute Gasteiger partial charge is 0.494 e. The molecule has 3 heteroatoms. The summed E-state index contributed by atoms with van der Waals surface area (Å²) in [6.45, 7) is 6.11. The molecule has 17 heavy (non-hydrogen) atoms. The summed E-state index contributed by atoms with van der Waals surface area (Å²) in [4.78, 5) is 2.39. The number of benzene rings is 1. The van der Waals surface area contributed by atoms with E-state index in [1.54, 1.807) is 0 Å². The van der Waals surface area contributed by atoms with Gasteiger partial charge < -0.3 is 15.0 Å². The first-order valence-corrected chi connectivity index (χ1v) is 6.38. The number of ether oxygens (including phenoxy) is 1. The summed E-state index contributed by atoms with van der Waals surface area (Å²) < 4.78 is 5.50. The van der Waals surface area contributed by atoms with E-state index < -0.39 is 0 Å². The quantitative estimate of drug-likeness (QED) is 0.866. The molecule has 0 aliphatic carbocycles. The average molecular weight is 234 g/mol. The van der Waals surface area contributed by atoms with Crippen LogP contribution in [0.5, 0.6) is 5.75 Å². The molecular weight excluding hydrogens is 212 g/mol. The fourth-order valence-electron chi connectivity index (χ4n) is 2.38. The van der Waals surface area contributed by atoms with Crippen molar-refractivity contribution >= 4 is 5.69 Å². The van der Waals surface area contributed by atoms with Crippen LogP contribution in [0.2, 0.25) is 0 Å². The molecule has 1 aromatic carbocycles. The number of likely N-dealkylation sites (tertiary alicyclic amines) is 1. The van der Waals surface area contributed by atoms with Crippen molar-refractivity contribution in [2.45, 2.75) is 32.4 Å². The Morgan fingerprint density at radius 2 is 2.29 bits per heavy atom. The highest BCUT2D eigenvalue weighted by Gasteiger charge is 2.25. The van der Waals surface area contributed by atoms with E-state index in [1.165, 1.54) is 6.42 Å². The standard InChI is InChI=1S/C14H22N2O/c1-4-17-14-7-5-6-12(9-14)15-13-8-11(2)16(3)10-13/h5-7,9,11,13,15H,4,8,10H2,1-3H3. The van der Waals surface area contributed by atoms with Crippen LogP contribution in [0.1, 0.15) is 20.3 Å². The van der Waals surface area contributed by atoms with Gasteiger partial charge in [-0.1, -0.05) is 6.07 Å². The van der Waals surface area contributed by atoms with Gasteiger partial charge >= 0.3 is 0 Å². The van der Waals surface area contributed by atoms with Crippen molar-refractivity contribution in [1.82, 2.24) is 4.90 Å². The van der Waals surface area contributed by atoms with Gasteiger partial charge in [0.1, 0.15) is 5.75 Å². The van der Waals surface area contributed by atoms with Crippen LogP contribution in [-0.4, -0.2) is 37.2 Å². The Morgan fingerprint density at radius 3 is 2.94 bits per heavy atom. The van der Waals surface area contributed by atoms with Crippen molar-refractivity contribution in [3.05, 3.63) is 24.3 Å². The predicted molar refractivity (Wildman–Crippen MR) is 71.7 cm³/mol. The van der Waals surface area contributed by atoms with E-state index in [0.29, 0.717) is 18.7 Å². The second-order valence-electron chi connectivity index (χ2n) is 4.83. The number of hydrogen-bond donors (Lipinski definition) is 1. The summed E-state index contributed by atoms with van der Waals surface area (Å²) in [5.41, 5.74) is 1.16. The summed E-state index contributed by atoms with van der Waals surface area (Å²) in [5, 5.41) is 3.58. The zero-order valence-electron chi connectivity index (χ0n) is 10.9. The van der Waals surface area contributed by atoms with Crippen molar-refractivity contribution in [2.75, 3.05) is 25.5 Å². The number of anilines is 1. The second-order valence-corrected chi connectivity index (χ2v) is 4.83. The van der Waals surface area contributed by atoms with E-state index in [0.717, 1.165) is 18.0 Å². The highest BCUT2D eigenvalue weighted by Crippen LogP contribution is 2.22. The second kappa shape index (κ2) is 5.41.